The van der Waals surface area contributed by atoms with Crippen LogP contribution in [0.3, 0.4) is 0 Å². The molecule has 1 N–H and O–H groups in total. The zero-order valence-electron chi connectivity index (χ0n) is 18.8. The van der Waals surface area contributed by atoms with E-state index in [1.807, 2.05) is 12.1 Å². The van der Waals surface area contributed by atoms with E-state index in [4.69, 9.17) is 9.73 Å². The van der Waals surface area contributed by atoms with Gasteiger partial charge >= 0.3 is 0 Å². The number of likely N-dealkylation sites (tertiary alicyclic amines) is 1. The molecule has 0 aliphatic carbocycles. The summed E-state index contributed by atoms with van der Waals surface area (Å²) in [5.74, 6) is -0.253. The van der Waals surface area contributed by atoms with Gasteiger partial charge in [-0.1, -0.05) is 68.1 Å². The molecule has 0 saturated carbocycles. The zero-order valence-corrected chi connectivity index (χ0v) is 18.8. The van der Waals surface area contributed by atoms with Crippen molar-refractivity contribution in [1.29, 1.82) is 0 Å². The van der Waals surface area contributed by atoms with Gasteiger partial charge in [-0.2, -0.15) is 0 Å². The number of ether oxygens (including phenoxy) is 1. The number of rotatable bonds is 7. The van der Waals surface area contributed by atoms with E-state index < -0.39 is 0 Å². The Balaban J connectivity index is 1.43. The van der Waals surface area contributed by atoms with Crippen molar-refractivity contribution in [3.05, 3.63) is 95.8 Å². The van der Waals surface area contributed by atoms with Crippen LogP contribution in [0.4, 0.5) is 4.39 Å². The van der Waals surface area contributed by atoms with Crippen molar-refractivity contribution in [3.63, 3.8) is 0 Å². The molecule has 1 fully saturated rings. The average Bonchev–Trinajstić information content (AvgIpc) is 3.18. The molecule has 0 aromatic heterocycles. The molecule has 0 amide bonds. The number of benzene rings is 2. The number of nitrogens with one attached hydrogen (secondary N) is 1. The first kappa shape index (κ1) is 22.3. The Bertz CT molecular complexity index is 970. The Labute approximate surface area is 190 Å². The van der Waals surface area contributed by atoms with E-state index in [1.54, 1.807) is 12.1 Å². The third-order valence-corrected chi connectivity index (χ3v) is 6.10. The number of aliphatic imine (C=N–C) groups is 1. The van der Waals surface area contributed by atoms with E-state index in [2.05, 4.69) is 54.1 Å². The number of piperidine rings is 1. The van der Waals surface area contributed by atoms with Gasteiger partial charge in [-0.25, -0.2) is 9.38 Å². The Morgan fingerprint density at radius 1 is 1.25 bits per heavy atom. The number of halogens is 1. The molecule has 0 radical (unpaired) electrons. The zero-order chi connectivity index (χ0) is 22.4. The first-order valence-electron chi connectivity index (χ1n) is 11.4. The molecule has 2 aliphatic rings. The number of nitrogens with zero attached hydrogens (tertiary/aromatic N) is 2. The lowest BCUT2D eigenvalue weighted by atomic mass is 9.92. The second-order valence-electron chi connectivity index (χ2n) is 8.72. The highest BCUT2D eigenvalue weighted by Gasteiger charge is 2.42. The van der Waals surface area contributed by atoms with Gasteiger partial charge < -0.3 is 10.1 Å². The number of hydrogen-bond acceptors (Lipinski definition) is 4. The predicted octanol–water partition coefficient (Wildman–Crippen LogP) is 5.40. The summed E-state index contributed by atoms with van der Waals surface area (Å²) in [6.45, 7) is 9.81. The maximum absolute atomic E-state index is 13.5. The maximum Gasteiger partial charge on any atom is 0.286 e. The van der Waals surface area contributed by atoms with E-state index in [0.717, 1.165) is 50.0 Å². The summed E-state index contributed by atoms with van der Waals surface area (Å²) in [4.78, 5) is 7.17. The lowest BCUT2D eigenvalue weighted by Gasteiger charge is -2.39. The topological polar surface area (TPSA) is 36.9 Å². The molecule has 168 valence electrons. The normalized spacial score (nSPS) is 22.0. The molecule has 32 heavy (non-hydrogen) atoms. The molecule has 1 spiro atoms. The Morgan fingerprint density at radius 3 is 2.78 bits per heavy atom. The molecular weight excluding hydrogens is 401 g/mol. The number of hydrogen-bond donors (Lipinski definition) is 1. The van der Waals surface area contributed by atoms with Crippen LogP contribution in [0.15, 0.2) is 83.9 Å². The van der Waals surface area contributed by atoms with Crippen molar-refractivity contribution in [2.75, 3.05) is 19.6 Å². The summed E-state index contributed by atoms with van der Waals surface area (Å²) in [5, 5.41) is 3.43. The van der Waals surface area contributed by atoms with Gasteiger partial charge in [-0.05, 0) is 54.6 Å². The van der Waals surface area contributed by atoms with Gasteiger partial charge in [0.25, 0.3) is 6.02 Å². The second-order valence-corrected chi connectivity index (χ2v) is 8.72. The van der Waals surface area contributed by atoms with E-state index >= 15 is 0 Å². The molecule has 2 aromatic rings. The monoisotopic (exact) mass is 433 g/mol. The number of amidine groups is 1. The van der Waals surface area contributed by atoms with Crippen molar-refractivity contribution in [1.82, 2.24) is 10.2 Å². The highest BCUT2D eigenvalue weighted by atomic mass is 19.1. The van der Waals surface area contributed by atoms with Gasteiger partial charge in [-0.3, -0.25) is 4.90 Å². The van der Waals surface area contributed by atoms with Gasteiger partial charge in [-0.15, -0.1) is 0 Å². The fourth-order valence-electron chi connectivity index (χ4n) is 4.47. The van der Waals surface area contributed by atoms with Crippen molar-refractivity contribution in [2.45, 2.75) is 44.4 Å². The summed E-state index contributed by atoms with van der Waals surface area (Å²) in [6.07, 6.45) is 7.08. The fourth-order valence-corrected chi connectivity index (χ4v) is 4.47. The van der Waals surface area contributed by atoms with Crippen LogP contribution < -0.4 is 5.32 Å². The summed E-state index contributed by atoms with van der Waals surface area (Å²) in [6, 6.07) is 17.4. The number of allylic oxidation sites excluding steroid dienone is 1. The van der Waals surface area contributed by atoms with E-state index in [-0.39, 0.29) is 17.5 Å². The maximum atomic E-state index is 13.5. The molecule has 4 nitrogen and oxygen atoms in total. The van der Waals surface area contributed by atoms with Crippen molar-refractivity contribution < 1.29 is 9.13 Å². The summed E-state index contributed by atoms with van der Waals surface area (Å²) in [5.41, 5.74) is 2.85. The quantitative estimate of drug-likeness (QED) is 0.594. The van der Waals surface area contributed by atoms with Gasteiger partial charge in [0.05, 0.1) is 12.6 Å². The van der Waals surface area contributed by atoms with Crippen molar-refractivity contribution in [3.8, 4) is 0 Å². The van der Waals surface area contributed by atoms with Crippen LogP contribution in [0, 0.1) is 5.82 Å². The molecule has 5 heteroatoms. The van der Waals surface area contributed by atoms with Gasteiger partial charge in [0.15, 0.2) is 0 Å². The van der Waals surface area contributed by atoms with Crippen LogP contribution in [-0.4, -0.2) is 36.2 Å². The Kier molecular flexibility index (Phi) is 7.05. The minimum absolute atomic E-state index is 0.226. The first-order chi connectivity index (χ1) is 15.6. The molecule has 1 unspecified atom stereocenters. The molecule has 2 atom stereocenters. The van der Waals surface area contributed by atoms with E-state index in [1.165, 1.54) is 17.7 Å². The standard InChI is InChI=1S/C27H32FN3O/c1-3-4-9-21(2)25(23-12-14-24(28)15-13-23)30-26-29-19-27(32-26)16-8-17-31(20-27)18-22-10-6-5-7-11-22/h4-7,9-15,25H,2-3,8,16-20H2,1H3,(H,29,30)/b9-4-/t25-,27?/m1/s1. The minimum Gasteiger partial charge on any atom is -0.455 e. The molecule has 0 bridgehead atoms. The molecule has 2 aliphatic heterocycles. The van der Waals surface area contributed by atoms with Crippen LogP contribution in [-0.2, 0) is 11.3 Å². The molecule has 2 aromatic carbocycles. The van der Waals surface area contributed by atoms with Crippen LogP contribution >= 0.6 is 0 Å². The summed E-state index contributed by atoms with van der Waals surface area (Å²) in [7, 11) is 0. The molecule has 2 heterocycles. The third-order valence-electron chi connectivity index (χ3n) is 6.10. The van der Waals surface area contributed by atoms with Crippen LogP contribution in [0.25, 0.3) is 0 Å². The largest absolute Gasteiger partial charge is 0.455 e. The molecular formula is C27H32FN3O. The van der Waals surface area contributed by atoms with E-state index in [9.17, 15) is 4.39 Å². The highest BCUT2D eigenvalue weighted by Crippen LogP contribution is 2.31. The van der Waals surface area contributed by atoms with Gasteiger partial charge in [0.2, 0.25) is 0 Å². The first-order valence-corrected chi connectivity index (χ1v) is 11.4. The second kappa shape index (κ2) is 10.1. The highest BCUT2D eigenvalue weighted by molar-refractivity contribution is 5.77. The van der Waals surface area contributed by atoms with Crippen molar-refractivity contribution >= 4 is 6.02 Å². The molecule has 1 saturated heterocycles. The third kappa shape index (κ3) is 5.46. The van der Waals surface area contributed by atoms with Crippen molar-refractivity contribution in [2.24, 2.45) is 4.99 Å². The lowest BCUT2D eigenvalue weighted by Crippen LogP contribution is -2.51. The predicted molar refractivity (Wildman–Crippen MR) is 128 cm³/mol. The Hall–Kier alpha value is -2.92. The van der Waals surface area contributed by atoms with Gasteiger partial charge in [0, 0.05) is 13.1 Å². The van der Waals surface area contributed by atoms with Crippen LogP contribution in [0.1, 0.15) is 43.4 Å². The average molecular weight is 434 g/mol. The fraction of sp³-hybridized carbons (Fsp3) is 0.370. The summed E-state index contributed by atoms with van der Waals surface area (Å²) >= 11 is 0. The minimum atomic E-state index is -0.288. The van der Waals surface area contributed by atoms with E-state index in [0.29, 0.717) is 12.6 Å². The molecule has 4 rings (SSSR count). The van der Waals surface area contributed by atoms with Crippen LogP contribution in [0.2, 0.25) is 0 Å². The Morgan fingerprint density at radius 2 is 2.03 bits per heavy atom. The summed E-state index contributed by atoms with van der Waals surface area (Å²) < 4.78 is 19.9. The van der Waals surface area contributed by atoms with Crippen LogP contribution in [0.5, 0.6) is 0 Å². The van der Waals surface area contributed by atoms with Gasteiger partial charge in [0.1, 0.15) is 11.4 Å². The smallest absolute Gasteiger partial charge is 0.286 e. The lowest BCUT2D eigenvalue weighted by molar-refractivity contribution is -0.00224. The SMILES string of the molecule is C=C(/C=C\CC)[C@@H](NC1=NCC2(CCCN(Cc3ccccc3)C2)O1)c1ccc(F)cc1.